The van der Waals surface area contributed by atoms with Gasteiger partial charge < -0.3 is 19.8 Å². The smallest absolute Gasteiger partial charge is 0.248 e. The number of nitrogens with zero attached hydrogens (tertiary/aromatic N) is 1. The summed E-state index contributed by atoms with van der Waals surface area (Å²) in [6.45, 7) is 0. The molecule has 1 saturated carbocycles. The number of methoxy groups -OCH3 is 2. The van der Waals surface area contributed by atoms with E-state index in [0.29, 0.717) is 17.2 Å². The van der Waals surface area contributed by atoms with Crippen molar-refractivity contribution in [2.75, 3.05) is 19.1 Å². The van der Waals surface area contributed by atoms with Crippen LogP contribution >= 0.6 is 0 Å². The van der Waals surface area contributed by atoms with Crippen LogP contribution in [0.2, 0.25) is 0 Å². The first kappa shape index (κ1) is 27.2. The molecular weight excluding hydrogens is 509 g/mol. The Morgan fingerprint density at radius 1 is 0.975 bits per heavy atom. The molecule has 5 rings (SSSR count). The number of hydrogen-bond donors (Lipinski definition) is 2. The number of aromatic nitrogens is 1. The molecule has 3 aromatic carbocycles. The molecule has 1 heterocycles. The van der Waals surface area contributed by atoms with Crippen molar-refractivity contribution >= 4 is 28.4 Å². The molecule has 1 fully saturated rings. The van der Waals surface area contributed by atoms with Gasteiger partial charge in [0.05, 0.1) is 20.6 Å². The summed E-state index contributed by atoms with van der Waals surface area (Å²) < 4.78 is 26.3. The maximum atomic E-state index is 15.4. The highest BCUT2D eigenvalue weighted by Gasteiger charge is 2.36. The van der Waals surface area contributed by atoms with Gasteiger partial charge in [0.2, 0.25) is 11.8 Å². The van der Waals surface area contributed by atoms with Crippen LogP contribution in [0.3, 0.4) is 0 Å². The quantitative estimate of drug-likeness (QED) is 0.268. The van der Waals surface area contributed by atoms with Crippen LogP contribution in [0.1, 0.15) is 49.3 Å². The Labute approximate surface area is 233 Å². The average molecular weight is 544 g/mol. The van der Waals surface area contributed by atoms with Crippen LogP contribution in [-0.4, -0.2) is 37.1 Å². The highest BCUT2D eigenvalue weighted by molar-refractivity contribution is 6.03. The third-order valence-corrected chi connectivity index (χ3v) is 7.59. The SMILES string of the molecule is COc1ccc(N(C(=O)Cc2c[nH]c3ccccc23)[C@@H](C(=O)NC2CCCCC2)c2ccccc2F)cc1OC. The van der Waals surface area contributed by atoms with Gasteiger partial charge in [-0.05, 0) is 42.7 Å². The van der Waals surface area contributed by atoms with Gasteiger partial charge in [-0.25, -0.2) is 4.39 Å². The van der Waals surface area contributed by atoms with Crippen LogP contribution in [-0.2, 0) is 16.0 Å². The molecule has 0 saturated heterocycles. The monoisotopic (exact) mass is 543 g/mol. The number of carbonyl (C=O) groups excluding carboxylic acids is 2. The minimum Gasteiger partial charge on any atom is -0.493 e. The molecule has 2 amide bonds. The minimum atomic E-state index is -1.24. The van der Waals surface area contributed by atoms with Crippen LogP contribution < -0.4 is 19.7 Å². The summed E-state index contributed by atoms with van der Waals surface area (Å²) in [5, 5.41) is 4.04. The van der Waals surface area contributed by atoms with Gasteiger partial charge in [-0.1, -0.05) is 55.7 Å². The Morgan fingerprint density at radius 2 is 1.70 bits per heavy atom. The largest absolute Gasteiger partial charge is 0.493 e. The predicted molar refractivity (Wildman–Crippen MR) is 153 cm³/mol. The van der Waals surface area contributed by atoms with Crippen molar-refractivity contribution < 1.29 is 23.5 Å². The Morgan fingerprint density at radius 3 is 2.45 bits per heavy atom. The summed E-state index contributed by atoms with van der Waals surface area (Å²) >= 11 is 0. The lowest BCUT2D eigenvalue weighted by Gasteiger charge is -2.34. The zero-order valence-electron chi connectivity index (χ0n) is 22.8. The van der Waals surface area contributed by atoms with Crippen molar-refractivity contribution in [1.82, 2.24) is 10.3 Å². The first-order chi connectivity index (χ1) is 19.5. The second-order valence-electron chi connectivity index (χ2n) is 10.1. The van der Waals surface area contributed by atoms with Crippen molar-refractivity contribution in [3.63, 3.8) is 0 Å². The third-order valence-electron chi connectivity index (χ3n) is 7.59. The number of nitrogens with one attached hydrogen (secondary N) is 2. The number of benzene rings is 3. The number of hydrogen-bond acceptors (Lipinski definition) is 4. The average Bonchev–Trinajstić information content (AvgIpc) is 3.39. The van der Waals surface area contributed by atoms with Crippen LogP contribution in [0.5, 0.6) is 11.5 Å². The van der Waals surface area contributed by atoms with Gasteiger partial charge in [-0.3, -0.25) is 14.5 Å². The number of aromatic amines is 1. The minimum absolute atomic E-state index is 0.0000191. The van der Waals surface area contributed by atoms with Crippen LogP contribution in [0.15, 0.2) is 72.9 Å². The number of fused-ring (bicyclic) bond motifs is 1. The molecule has 0 aliphatic heterocycles. The summed E-state index contributed by atoms with van der Waals surface area (Å²) in [5.41, 5.74) is 2.21. The van der Waals surface area contributed by atoms with Crippen molar-refractivity contribution in [1.29, 1.82) is 0 Å². The number of rotatable bonds is 9. The summed E-state index contributed by atoms with van der Waals surface area (Å²) in [4.78, 5) is 32.9. The molecule has 40 heavy (non-hydrogen) atoms. The third kappa shape index (κ3) is 5.66. The molecule has 1 atom stereocenters. The lowest BCUT2D eigenvalue weighted by Crippen LogP contribution is -2.48. The van der Waals surface area contributed by atoms with E-state index in [2.05, 4.69) is 10.3 Å². The first-order valence-electron chi connectivity index (χ1n) is 13.6. The van der Waals surface area contributed by atoms with E-state index in [1.807, 2.05) is 24.3 Å². The number of halogens is 1. The molecule has 0 spiro atoms. The number of amides is 2. The van der Waals surface area contributed by atoms with E-state index in [1.54, 1.807) is 42.6 Å². The first-order valence-corrected chi connectivity index (χ1v) is 13.6. The zero-order valence-corrected chi connectivity index (χ0v) is 22.8. The molecule has 208 valence electrons. The van der Waals surface area contributed by atoms with Gasteiger partial charge in [0.1, 0.15) is 11.9 Å². The Kier molecular flexibility index (Phi) is 8.34. The normalized spacial score (nSPS) is 14.5. The molecule has 7 nitrogen and oxygen atoms in total. The summed E-state index contributed by atoms with van der Waals surface area (Å²) in [7, 11) is 3.03. The van der Waals surface area contributed by atoms with Crippen LogP contribution in [0.25, 0.3) is 10.9 Å². The fourth-order valence-corrected chi connectivity index (χ4v) is 5.56. The lowest BCUT2D eigenvalue weighted by atomic mass is 9.94. The highest BCUT2D eigenvalue weighted by atomic mass is 19.1. The molecule has 1 aromatic heterocycles. The van der Waals surface area contributed by atoms with Gasteiger partial charge in [0.25, 0.3) is 0 Å². The Balaban J connectivity index is 1.61. The number of anilines is 1. The zero-order chi connectivity index (χ0) is 28.1. The van der Waals surface area contributed by atoms with E-state index in [9.17, 15) is 9.59 Å². The van der Waals surface area contributed by atoms with Gasteiger partial charge in [-0.15, -0.1) is 0 Å². The molecule has 0 unspecified atom stereocenters. The van der Waals surface area contributed by atoms with Crippen molar-refractivity contribution in [2.24, 2.45) is 0 Å². The van der Waals surface area contributed by atoms with E-state index >= 15 is 4.39 Å². The van der Waals surface area contributed by atoms with Gasteiger partial charge >= 0.3 is 0 Å². The maximum Gasteiger partial charge on any atom is 0.248 e. The lowest BCUT2D eigenvalue weighted by molar-refractivity contribution is -0.127. The summed E-state index contributed by atoms with van der Waals surface area (Å²) in [5.74, 6) is -0.464. The standard InChI is InChI=1S/C32H34FN3O4/c1-39-28-17-16-23(19-29(28)40-2)36(30(37)18-21-20-34-27-15-9-7-12-24(21)27)31(25-13-6-8-14-26(25)33)32(38)35-22-10-4-3-5-11-22/h6-9,12-17,19-20,22,31,34H,3-5,10-11,18H2,1-2H3,(H,35,38)/t31-/m1/s1. The number of ether oxygens (including phenoxy) is 2. The maximum absolute atomic E-state index is 15.4. The number of para-hydroxylation sites is 1. The molecular formula is C32H34FN3O4. The van der Waals surface area contributed by atoms with Crippen molar-refractivity contribution in [3.8, 4) is 11.5 Å². The van der Waals surface area contributed by atoms with Gasteiger partial charge in [-0.2, -0.15) is 0 Å². The Hall–Kier alpha value is -4.33. The molecule has 1 aliphatic rings. The highest BCUT2D eigenvalue weighted by Crippen LogP contribution is 2.37. The summed E-state index contributed by atoms with van der Waals surface area (Å²) in [6.07, 6.45) is 6.69. The van der Waals surface area contributed by atoms with E-state index in [4.69, 9.17) is 9.47 Å². The van der Waals surface area contributed by atoms with E-state index in [-0.39, 0.29) is 23.9 Å². The predicted octanol–water partition coefficient (Wildman–Crippen LogP) is 6.09. The number of carbonyl (C=O) groups is 2. The molecule has 2 N–H and O–H groups in total. The fraction of sp³-hybridized carbons (Fsp3) is 0.312. The second kappa shape index (κ2) is 12.2. The molecule has 0 bridgehead atoms. The van der Waals surface area contributed by atoms with Crippen molar-refractivity contribution in [2.45, 2.75) is 50.6 Å². The molecule has 4 aromatic rings. The van der Waals surface area contributed by atoms with E-state index in [1.165, 1.54) is 25.2 Å². The van der Waals surface area contributed by atoms with E-state index < -0.39 is 17.8 Å². The van der Waals surface area contributed by atoms with Crippen molar-refractivity contribution in [3.05, 3.63) is 89.9 Å². The van der Waals surface area contributed by atoms with Crippen LogP contribution in [0, 0.1) is 5.82 Å². The Bertz CT molecular complexity index is 1490. The molecule has 1 aliphatic carbocycles. The van der Waals surface area contributed by atoms with E-state index in [0.717, 1.165) is 48.6 Å². The molecule has 0 radical (unpaired) electrons. The van der Waals surface area contributed by atoms with Gasteiger partial charge in [0.15, 0.2) is 11.5 Å². The number of H-pyrrole nitrogens is 1. The second-order valence-corrected chi connectivity index (χ2v) is 10.1. The van der Waals surface area contributed by atoms with Crippen LogP contribution in [0.4, 0.5) is 10.1 Å². The fourth-order valence-electron chi connectivity index (χ4n) is 5.56. The van der Waals surface area contributed by atoms with Gasteiger partial charge in [0, 0.05) is 40.5 Å². The summed E-state index contributed by atoms with van der Waals surface area (Å²) in [6, 6.07) is 17.6. The molecule has 8 heteroatoms. The topological polar surface area (TPSA) is 83.7 Å².